The van der Waals surface area contributed by atoms with Gasteiger partial charge < -0.3 is 15.2 Å². The molecule has 0 radical (unpaired) electrons. The molecular weight excluding hydrogens is 126 g/mol. The van der Waals surface area contributed by atoms with Crippen LogP contribution in [0.15, 0.2) is 0 Å². The first-order chi connectivity index (χ1) is 4.16. The molecule has 52 valence electrons. The van der Waals surface area contributed by atoms with Crippen molar-refractivity contribution in [2.75, 3.05) is 13.6 Å². The molecule has 0 aromatic carbocycles. The zero-order chi connectivity index (χ0) is 7.28. The molecule has 0 rings (SSSR count). The maximum Gasteiger partial charge on any atom is 0.513 e. The van der Waals surface area contributed by atoms with E-state index in [0.29, 0.717) is 0 Å². The quantitative estimate of drug-likeness (QED) is 0.389. The van der Waals surface area contributed by atoms with E-state index in [2.05, 4.69) is 10.1 Å². The lowest BCUT2D eigenvalue weighted by Crippen LogP contribution is -2.22. The normalized spacial score (nSPS) is 8.56. The fraction of sp³-hybridized carbons (Fsp3) is 0.500. The average molecular weight is 133 g/mol. The van der Waals surface area contributed by atoms with Crippen LogP contribution >= 0.6 is 0 Å². The lowest BCUT2D eigenvalue weighted by atomic mass is 10.7. The minimum absolute atomic E-state index is 0.0910. The second kappa shape index (κ2) is 3.85. The van der Waals surface area contributed by atoms with E-state index in [1.165, 1.54) is 7.05 Å². The summed E-state index contributed by atoms with van der Waals surface area (Å²) in [6, 6.07) is 0. The Kier molecular flexibility index (Phi) is 3.38. The van der Waals surface area contributed by atoms with E-state index in [4.69, 9.17) is 5.11 Å². The van der Waals surface area contributed by atoms with Gasteiger partial charge in [-0.1, -0.05) is 0 Å². The Balaban J connectivity index is 3.39. The van der Waals surface area contributed by atoms with Crippen LogP contribution in [0.3, 0.4) is 0 Å². The molecule has 5 nitrogen and oxygen atoms in total. The number of carboxylic acid groups (broad SMARTS) is 1. The molecule has 0 fully saturated rings. The van der Waals surface area contributed by atoms with Gasteiger partial charge in [-0.15, -0.1) is 0 Å². The number of carbonyl (C=O) groups is 2. The first kappa shape index (κ1) is 7.90. The summed E-state index contributed by atoms with van der Waals surface area (Å²) in [6.07, 6.45) is -1.57. The van der Waals surface area contributed by atoms with Crippen LogP contribution in [0.4, 0.5) is 4.79 Å². The highest BCUT2D eigenvalue weighted by Crippen LogP contribution is 1.75. The van der Waals surface area contributed by atoms with E-state index in [1.807, 2.05) is 0 Å². The summed E-state index contributed by atoms with van der Waals surface area (Å²) in [6.45, 7) is -0.0910. The highest BCUT2D eigenvalue weighted by atomic mass is 16.7. The first-order valence-electron chi connectivity index (χ1n) is 2.25. The lowest BCUT2D eigenvalue weighted by molar-refractivity contribution is -0.137. The summed E-state index contributed by atoms with van der Waals surface area (Å²) in [5.74, 6) is -0.801. The van der Waals surface area contributed by atoms with Crippen LogP contribution in [0.5, 0.6) is 0 Å². The number of rotatable bonds is 2. The zero-order valence-electron chi connectivity index (χ0n) is 4.88. The van der Waals surface area contributed by atoms with E-state index >= 15 is 0 Å². The van der Waals surface area contributed by atoms with Crippen molar-refractivity contribution in [1.82, 2.24) is 5.32 Å². The van der Waals surface area contributed by atoms with Crippen molar-refractivity contribution in [1.29, 1.82) is 0 Å². The van der Waals surface area contributed by atoms with E-state index in [1.54, 1.807) is 0 Å². The second-order valence-electron chi connectivity index (χ2n) is 1.27. The van der Waals surface area contributed by atoms with Crippen LogP contribution in [0.1, 0.15) is 0 Å². The third-order valence-corrected chi connectivity index (χ3v) is 0.522. The van der Waals surface area contributed by atoms with Crippen LogP contribution < -0.4 is 5.32 Å². The monoisotopic (exact) mass is 133 g/mol. The van der Waals surface area contributed by atoms with E-state index < -0.39 is 12.1 Å². The molecule has 0 heterocycles. The van der Waals surface area contributed by atoms with Crippen LogP contribution in [0, 0.1) is 0 Å². The van der Waals surface area contributed by atoms with Crippen molar-refractivity contribution in [3.63, 3.8) is 0 Å². The topological polar surface area (TPSA) is 75.6 Å². The number of likely N-dealkylation sites (N-methyl/N-ethyl adjacent to an activating group) is 1. The minimum atomic E-state index is -1.57. The van der Waals surface area contributed by atoms with Crippen molar-refractivity contribution in [3.8, 4) is 0 Å². The SMILES string of the molecule is CNCC(=O)OC(=O)O. The molecule has 0 aromatic heterocycles. The molecule has 0 aliphatic rings. The maximum atomic E-state index is 10.2. The highest BCUT2D eigenvalue weighted by Gasteiger charge is 2.04. The molecule has 0 unspecified atom stereocenters. The standard InChI is InChI=1S/C4H7NO4/c1-5-2-3(6)9-4(7)8/h5H,2H2,1H3,(H,7,8). The second-order valence-corrected chi connectivity index (χ2v) is 1.27. The largest absolute Gasteiger partial charge is 0.513 e. The van der Waals surface area contributed by atoms with Gasteiger partial charge in [0.2, 0.25) is 0 Å². The van der Waals surface area contributed by atoms with E-state index in [0.717, 1.165) is 0 Å². The number of ether oxygens (including phenoxy) is 1. The Bertz CT molecular complexity index is 122. The zero-order valence-corrected chi connectivity index (χ0v) is 4.88. The van der Waals surface area contributed by atoms with Crippen molar-refractivity contribution < 1.29 is 19.4 Å². The van der Waals surface area contributed by atoms with Gasteiger partial charge in [-0.05, 0) is 7.05 Å². The number of hydrogen-bond donors (Lipinski definition) is 2. The minimum Gasteiger partial charge on any atom is -0.449 e. The predicted octanol–water partition coefficient (Wildman–Crippen LogP) is -0.573. The van der Waals surface area contributed by atoms with Gasteiger partial charge in [0.15, 0.2) is 0 Å². The molecular formula is C4H7NO4. The lowest BCUT2D eigenvalue weighted by Gasteiger charge is -1.94. The predicted molar refractivity (Wildman–Crippen MR) is 28.0 cm³/mol. The van der Waals surface area contributed by atoms with Gasteiger partial charge in [-0.3, -0.25) is 4.79 Å². The highest BCUT2D eigenvalue weighted by molar-refractivity contribution is 5.82. The first-order valence-corrected chi connectivity index (χ1v) is 2.25. The van der Waals surface area contributed by atoms with E-state index in [9.17, 15) is 9.59 Å². The van der Waals surface area contributed by atoms with Gasteiger partial charge in [0.05, 0.1) is 6.54 Å². The van der Waals surface area contributed by atoms with Gasteiger partial charge >= 0.3 is 12.1 Å². The molecule has 0 saturated carbocycles. The Morgan fingerprint density at radius 1 is 1.67 bits per heavy atom. The average Bonchev–Trinajstić information content (AvgIpc) is 1.63. The number of hydrogen-bond acceptors (Lipinski definition) is 4. The third kappa shape index (κ3) is 4.76. The smallest absolute Gasteiger partial charge is 0.449 e. The molecule has 0 aromatic rings. The molecule has 0 saturated heterocycles. The van der Waals surface area contributed by atoms with Crippen molar-refractivity contribution in [2.24, 2.45) is 0 Å². The Hall–Kier alpha value is -1.10. The van der Waals surface area contributed by atoms with Crippen molar-refractivity contribution >= 4 is 12.1 Å². The molecule has 0 bridgehead atoms. The van der Waals surface area contributed by atoms with Crippen LogP contribution in [-0.4, -0.2) is 30.8 Å². The van der Waals surface area contributed by atoms with E-state index in [-0.39, 0.29) is 6.54 Å². The fourth-order valence-electron chi connectivity index (χ4n) is 0.278. The third-order valence-electron chi connectivity index (χ3n) is 0.522. The fourth-order valence-corrected chi connectivity index (χ4v) is 0.278. The Morgan fingerprint density at radius 2 is 2.22 bits per heavy atom. The number of esters is 1. The summed E-state index contributed by atoms with van der Waals surface area (Å²) in [7, 11) is 1.52. The molecule has 0 aliphatic carbocycles. The van der Waals surface area contributed by atoms with Gasteiger partial charge in [0.1, 0.15) is 0 Å². The van der Waals surface area contributed by atoms with Gasteiger partial charge in [-0.2, -0.15) is 0 Å². The summed E-state index contributed by atoms with van der Waals surface area (Å²) in [5.41, 5.74) is 0. The molecule has 0 aliphatic heterocycles. The van der Waals surface area contributed by atoms with Gasteiger partial charge in [0, 0.05) is 0 Å². The molecule has 2 N–H and O–H groups in total. The van der Waals surface area contributed by atoms with Crippen molar-refractivity contribution in [2.45, 2.75) is 0 Å². The van der Waals surface area contributed by atoms with Gasteiger partial charge in [0.25, 0.3) is 0 Å². The summed E-state index contributed by atoms with van der Waals surface area (Å²) in [4.78, 5) is 19.8. The van der Waals surface area contributed by atoms with Crippen LogP contribution in [0.2, 0.25) is 0 Å². The van der Waals surface area contributed by atoms with Crippen LogP contribution in [-0.2, 0) is 9.53 Å². The summed E-state index contributed by atoms with van der Waals surface area (Å²) in [5, 5.41) is 10.3. The maximum absolute atomic E-state index is 10.2. The summed E-state index contributed by atoms with van der Waals surface area (Å²) < 4.78 is 3.71. The Labute approximate surface area is 51.6 Å². The molecule has 0 atom stereocenters. The molecule has 5 heteroatoms. The van der Waals surface area contributed by atoms with Crippen LogP contribution in [0.25, 0.3) is 0 Å². The van der Waals surface area contributed by atoms with Crippen molar-refractivity contribution in [3.05, 3.63) is 0 Å². The Morgan fingerprint density at radius 3 is 2.56 bits per heavy atom. The van der Waals surface area contributed by atoms with Gasteiger partial charge in [-0.25, -0.2) is 4.79 Å². The molecule has 9 heavy (non-hydrogen) atoms. The molecule has 0 spiro atoms. The molecule has 0 amide bonds. The number of nitrogens with one attached hydrogen (secondary N) is 1. The number of carbonyl (C=O) groups excluding carboxylic acids is 1. The summed E-state index contributed by atoms with van der Waals surface area (Å²) >= 11 is 0.